The molecular formula is C15H20N2O2S. The van der Waals surface area contributed by atoms with Gasteiger partial charge in [0.1, 0.15) is 0 Å². The van der Waals surface area contributed by atoms with Crippen molar-refractivity contribution >= 4 is 10.0 Å². The fraction of sp³-hybridized carbons (Fsp3) is 0.533. The normalized spacial score (nSPS) is 21.1. The zero-order chi connectivity index (χ0) is 14.6. The van der Waals surface area contributed by atoms with E-state index in [1.807, 2.05) is 6.07 Å². The molecule has 1 aliphatic rings. The summed E-state index contributed by atoms with van der Waals surface area (Å²) >= 11 is 0. The lowest BCUT2D eigenvalue weighted by Gasteiger charge is -2.20. The van der Waals surface area contributed by atoms with Gasteiger partial charge in [-0.15, -0.1) is 0 Å². The maximum Gasteiger partial charge on any atom is 0.243 e. The summed E-state index contributed by atoms with van der Waals surface area (Å²) in [6.07, 6.45) is 4.04. The average molecular weight is 292 g/mol. The fourth-order valence-corrected chi connectivity index (χ4v) is 4.20. The van der Waals surface area contributed by atoms with E-state index in [4.69, 9.17) is 5.26 Å². The van der Waals surface area contributed by atoms with Crippen LogP contribution in [0.4, 0.5) is 0 Å². The summed E-state index contributed by atoms with van der Waals surface area (Å²) in [6.45, 7) is 3.32. The van der Waals surface area contributed by atoms with Gasteiger partial charge in [-0.1, -0.05) is 19.4 Å². The lowest BCUT2D eigenvalue weighted by molar-refractivity contribution is 0.407. The Labute approximate surface area is 121 Å². The number of nitriles is 1. The summed E-state index contributed by atoms with van der Waals surface area (Å²) in [7, 11) is -3.47. The molecular weight excluding hydrogens is 272 g/mol. The Morgan fingerprint density at radius 2 is 2.15 bits per heavy atom. The Balaban J connectivity index is 2.23. The highest BCUT2D eigenvalue weighted by Crippen LogP contribution is 2.25. The van der Waals surface area contributed by atoms with Crippen LogP contribution < -0.4 is 0 Å². The summed E-state index contributed by atoms with van der Waals surface area (Å²) in [5, 5.41) is 8.89. The van der Waals surface area contributed by atoms with Gasteiger partial charge in [-0.25, -0.2) is 8.42 Å². The first-order valence-corrected chi connectivity index (χ1v) is 8.52. The van der Waals surface area contributed by atoms with Crippen LogP contribution in [0.5, 0.6) is 0 Å². The standard InChI is InChI=1S/C15H20N2O2S/c1-2-13-6-4-9-17(10-8-13)20(18,19)15-7-3-5-14(11-15)12-16/h3,5,7,11,13H,2,4,6,8-10H2,1H3. The van der Waals surface area contributed by atoms with Crippen LogP contribution in [0, 0.1) is 17.2 Å². The van der Waals surface area contributed by atoms with Gasteiger partial charge in [0.15, 0.2) is 0 Å². The first-order chi connectivity index (χ1) is 9.57. The molecule has 5 heteroatoms. The first-order valence-electron chi connectivity index (χ1n) is 7.08. The highest BCUT2D eigenvalue weighted by Gasteiger charge is 2.27. The van der Waals surface area contributed by atoms with Crippen LogP contribution in [0.2, 0.25) is 0 Å². The maximum atomic E-state index is 12.6. The monoisotopic (exact) mass is 292 g/mol. The zero-order valence-electron chi connectivity index (χ0n) is 11.7. The zero-order valence-corrected chi connectivity index (χ0v) is 12.6. The Bertz CT molecular complexity index is 605. The van der Waals surface area contributed by atoms with Gasteiger partial charge >= 0.3 is 0 Å². The van der Waals surface area contributed by atoms with Crippen molar-refractivity contribution in [2.75, 3.05) is 13.1 Å². The molecule has 0 amide bonds. The van der Waals surface area contributed by atoms with Crippen molar-refractivity contribution in [1.29, 1.82) is 5.26 Å². The molecule has 1 fully saturated rings. The van der Waals surface area contributed by atoms with E-state index in [0.717, 1.165) is 25.7 Å². The second-order valence-corrected chi connectivity index (χ2v) is 7.19. The predicted octanol–water partition coefficient (Wildman–Crippen LogP) is 2.76. The molecule has 0 saturated carbocycles. The van der Waals surface area contributed by atoms with E-state index in [2.05, 4.69) is 6.92 Å². The summed E-state index contributed by atoms with van der Waals surface area (Å²) in [5.41, 5.74) is 0.382. The van der Waals surface area contributed by atoms with E-state index in [-0.39, 0.29) is 4.90 Å². The molecule has 0 spiro atoms. The molecule has 0 aromatic heterocycles. The molecule has 0 N–H and O–H groups in total. The van der Waals surface area contributed by atoms with E-state index in [0.29, 0.717) is 24.6 Å². The van der Waals surface area contributed by atoms with Crippen molar-refractivity contribution in [2.24, 2.45) is 5.92 Å². The third-order valence-corrected chi connectivity index (χ3v) is 5.88. The smallest absolute Gasteiger partial charge is 0.207 e. The SMILES string of the molecule is CCC1CCCN(S(=O)(=O)c2cccc(C#N)c2)CC1. The van der Waals surface area contributed by atoms with Crippen molar-refractivity contribution in [1.82, 2.24) is 4.31 Å². The minimum atomic E-state index is -3.47. The van der Waals surface area contributed by atoms with E-state index in [1.165, 1.54) is 6.07 Å². The van der Waals surface area contributed by atoms with Crippen molar-refractivity contribution in [3.05, 3.63) is 29.8 Å². The molecule has 1 unspecified atom stereocenters. The molecule has 0 bridgehead atoms. The van der Waals surface area contributed by atoms with Crippen LogP contribution >= 0.6 is 0 Å². The maximum absolute atomic E-state index is 12.6. The topological polar surface area (TPSA) is 61.2 Å². The van der Waals surface area contributed by atoms with Crippen molar-refractivity contribution in [3.8, 4) is 6.07 Å². The van der Waals surface area contributed by atoms with Gasteiger partial charge in [-0.05, 0) is 43.4 Å². The van der Waals surface area contributed by atoms with Crippen LogP contribution in [0.25, 0.3) is 0 Å². The van der Waals surface area contributed by atoms with Crippen molar-refractivity contribution in [3.63, 3.8) is 0 Å². The van der Waals surface area contributed by atoms with Crippen LogP contribution in [-0.4, -0.2) is 25.8 Å². The second kappa shape index (κ2) is 6.38. The number of benzene rings is 1. The van der Waals surface area contributed by atoms with Gasteiger partial charge in [-0.3, -0.25) is 0 Å². The molecule has 1 atom stereocenters. The Morgan fingerprint density at radius 3 is 2.85 bits per heavy atom. The Morgan fingerprint density at radius 1 is 1.35 bits per heavy atom. The van der Waals surface area contributed by atoms with E-state index >= 15 is 0 Å². The van der Waals surface area contributed by atoms with Crippen LogP contribution in [0.3, 0.4) is 0 Å². The lowest BCUT2D eigenvalue weighted by atomic mass is 9.98. The highest BCUT2D eigenvalue weighted by molar-refractivity contribution is 7.89. The summed E-state index contributed by atoms with van der Waals surface area (Å²) in [5.74, 6) is 0.626. The number of nitrogens with zero attached hydrogens (tertiary/aromatic N) is 2. The average Bonchev–Trinajstić information content (AvgIpc) is 2.73. The third-order valence-electron chi connectivity index (χ3n) is 3.98. The second-order valence-electron chi connectivity index (χ2n) is 5.25. The lowest BCUT2D eigenvalue weighted by Crippen LogP contribution is -2.32. The number of hydrogen-bond donors (Lipinski definition) is 0. The van der Waals surface area contributed by atoms with Gasteiger partial charge in [-0.2, -0.15) is 9.57 Å². The molecule has 20 heavy (non-hydrogen) atoms. The molecule has 1 heterocycles. The molecule has 1 aromatic rings. The molecule has 0 aliphatic carbocycles. The minimum absolute atomic E-state index is 0.228. The largest absolute Gasteiger partial charge is 0.243 e. The molecule has 1 aliphatic heterocycles. The first kappa shape index (κ1) is 15.0. The minimum Gasteiger partial charge on any atom is -0.207 e. The van der Waals surface area contributed by atoms with Gasteiger partial charge in [0.05, 0.1) is 16.5 Å². The van der Waals surface area contributed by atoms with Gasteiger partial charge < -0.3 is 0 Å². The molecule has 108 valence electrons. The predicted molar refractivity (Wildman–Crippen MR) is 77.5 cm³/mol. The van der Waals surface area contributed by atoms with E-state index in [1.54, 1.807) is 22.5 Å². The number of rotatable bonds is 3. The summed E-state index contributed by atoms with van der Waals surface area (Å²) in [6, 6.07) is 8.25. The van der Waals surface area contributed by atoms with Gasteiger partial charge in [0.25, 0.3) is 0 Å². The summed E-state index contributed by atoms with van der Waals surface area (Å²) < 4.78 is 26.8. The number of hydrogen-bond acceptors (Lipinski definition) is 3. The van der Waals surface area contributed by atoms with Crippen molar-refractivity contribution in [2.45, 2.75) is 37.5 Å². The molecule has 1 aromatic carbocycles. The Hall–Kier alpha value is -1.38. The third kappa shape index (κ3) is 3.20. The van der Waals surface area contributed by atoms with Crippen LogP contribution in [0.15, 0.2) is 29.2 Å². The molecule has 1 saturated heterocycles. The molecule has 2 rings (SSSR count). The molecule has 0 radical (unpaired) electrons. The van der Waals surface area contributed by atoms with E-state index < -0.39 is 10.0 Å². The van der Waals surface area contributed by atoms with Crippen molar-refractivity contribution < 1.29 is 8.42 Å². The highest BCUT2D eigenvalue weighted by atomic mass is 32.2. The quantitative estimate of drug-likeness (QED) is 0.860. The Kier molecular flexibility index (Phi) is 4.79. The van der Waals surface area contributed by atoms with Gasteiger partial charge in [0, 0.05) is 13.1 Å². The summed E-state index contributed by atoms with van der Waals surface area (Å²) in [4.78, 5) is 0.228. The van der Waals surface area contributed by atoms with E-state index in [9.17, 15) is 8.42 Å². The molecule has 4 nitrogen and oxygen atoms in total. The fourth-order valence-electron chi connectivity index (χ4n) is 2.66. The van der Waals surface area contributed by atoms with Crippen LogP contribution in [0.1, 0.15) is 38.2 Å². The number of sulfonamides is 1. The van der Waals surface area contributed by atoms with Crippen LogP contribution in [-0.2, 0) is 10.0 Å². The van der Waals surface area contributed by atoms with Gasteiger partial charge in [0.2, 0.25) is 10.0 Å².